The first-order valence-electron chi connectivity index (χ1n) is 4.61. The fraction of sp³-hybridized carbons (Fsp3) is 0.167. The normalized spacial score (nSPS) is 10.6. The van der Waals surface area contributed by atoms with Gasteiger partial charge in [0.25, 0.3) is 0 Å². The molecule has 0 atom stereocenters. The number of nitrogens with zero attached hydrogens (tertiary/aromatic N) is 2. The maximum Gasteiger partial charge on any atom is 0.141 e. The van der Waals surface area contributed by atoms with Gasteiger partial charge in [-0.2, -0.15) is 5.26 Å². The van der Waals surface area contributed by atoms with E-state index in [4.69, 9.17) is 5.26 Å². The smallest absolute Gasteiger partial charge is 0.141 e. The van der Waals surface area contributed by atoms with Gasteiger partial charge in [-0.05, 0) is 24.6 Å². The summed E-state index contributed by atoms with van der Waals surface area (Å²) in [6.07, 6.45) is 3.57. The second-order valence-corrected chi connectivity index (χ2v) is 3.04. The van der Waals surface area contributed by atoms with Gasteiger partial charge in [0.15, 0.2) is 0 Å². The molecule has 1 N–H and O–H groups in total. The molecule has 1 rings (SSSR count). The van der Waals surface area contributed by atoms with E-state index in [1.807, 2.05) is 32.2 Å². The monoisotopic (exact) mass is 199 g/mol. The molecule has 0 fully saturated rings. The highest BCUT2D eigenvalue weighted by atomic mass is 14.9. The predicted molar refractivity (Wildman–Crippen MR) is 62.3 cm³/mol. The van der Waals surface area contributed by atoms with Crippen molar-refractivity contribution in [3.8, 4) is 6.07 Å². The molecule has 0 spiro atoms. The van der Waals surface area contributed by atoms with E-state index in [0.717, 1.165) is 17.0 Å². The van der Waals surface area contributed by atoms with E-state index in [0.29, 0.717) is 5.69 Å². The second kappa shape index (κ2) is 4.97. The van der Waals surface area contributed by atoms with Crippen molar-refractivity contribution in [2.24, 2.45) is 0 Å². The second-order valence-electron chi connectivity index (χ2n) is 3.04. The molecular weight excluding hydrogens is 186 g/mol. The van der Waals surface area contributed by atoms with Crippen molar-refractivity contribution in [3.05, 3.63) is 42.3 Å². The molecule has 0 saturated carbocycles. The molecule has 1 aromatic heterocycles. The van der Waals surface area contributed by atoms with Crippen LogP contribution < -0.4 is 5.32 Å². The Bertz CT molecular complexity index is 439. The minimum absolute atomic E-state index is 0.417. The van der Waals surface area contributed by atoms with Crippen molar-refractivity contribution in [3.63, 3.8) is 0 Å². The van der Waals surface area contributed by atoms with Crippen molar-refractivity contribution >= 4 is 11.3 Å². The van der Waals surface area contributed by atoms with Gasteiger partial charge < -0.3 is 5.32 Å². The number of hydrogen-bond acceptors (Lipinski definition) is 3. The zero-order valence-corrected chi connectivity index (χ0v) is 8.91. The van der Waals surface area contributed by atoms with Crippen LogP contribution in [0.1, 0.15) is 18.3 Å². The highest BCUT2D eigenvalue weighted by molar-refractivity contribution is 5.73. The molecule has 76 valence electrons. The van der Waals surface area contributed by atoms with E-state index in [9.17, 15) is 0 Å². The minimum atomic E-state index is 0.417. The molecule has 0 saturated heterocycles. The number of allylic oxidation sites excluding steroid dienone is 3. The number of rotatable bonds is 3. The summed E-state index contributed by atoms with van der Waals surface area (Å²) in [5.41, 5.74) is 3.09. The van der Waals surface area contributed by atoms with Crippen LogP contribution in [-0.4, -0.2) is 12.0 Å². The number of anilines is 1. The molecule has 3 nitrogen and oxygen atoms in total. The van der Waals surface area contributed by atoms with E-state index < -0.39 is 0 Å². The van der Waals surface area contributed by atoms with E-state index >= 15 is 0 Å². The van der Waals surface area contributed by atoms with Crippen molar-refractivity contribution < 1.29 is 0 Å². The van der Waals surface area contributed by atoms with Crippen molar-refractivity contribution in [2.75, 3.05) is 12.4 Å². The van der Waals surface area contributed by atoms with E-state index in [1.165, 1.54) is 0 Å². The summed E-state index contributed by atoms with van der Waals surface area (Å²) in [5, 5.41) is 11.8. The Morgan fingerprint density at radius 2 is 2.33 bits per heavy atom. The Balaban J connectivity index is 3.30. The summed E-state index contributed by atoms with van der Waals surface area (Å²) in [6.45, 7) is 5.57. The first kappa shape index (κ1) is 11.0. The quantitative estimate of drug-likeness (QED) is 0.761. The standard InChI is InChI=1S/C12H13N3/c1-4-5-9(2)12-11(14-3)7-6-10(8-13)15-12/h4-7,14H,1H2,2-3H3/b9-5-. The fourth-order valence-electron chi connectivity index (χ4n) is 1.28. The molecule has 0 unspecified atom stereocenters. The molecule has 1 heterocycles. The van der Waals surface area contributed by atoms with Crippen LogP contribution in [0, 0.1) is 11.3 Å². The molecule has 3 heteroatoms. The first-order chi connectivity index (χ1) is 7.22. The van der Waals surface area contributed by atoms with E-state index in [-0.39, 0.29) is 0 Å². The van der Waals surface area contributed by atoms with Crippen LogP contribution >= 0.6 is 0 Å². The summed E-state index contributed by atoms with van der Waals surface area (Å²) in [7, 11) is 1.83. The molecule has 0 aliphatic rings. The third-order valence-corrected chi connectivity index (χ3v) is 2.02. The molecule has 0 aliphatic heterocycles. The van der Waals surface area contributed by atoms with Crippen LogP contribution in [0.3, 0.4) is 0 Å². The Labute approximate surface area is 89.8 Å². The molecule has 0 bridgehead atoms. The molecule has 0 amide bonds. The summed E-state index contributed by atoms with van der Waals surface area (Å²) in [6, 6.07) is 5.56. The van der Waals surface area contributed by atoms with Gasteiger partial charge in [-0.15, -0.1) is 0 Å². The van der Waals surface area contributed by atoms with Gasteiger partial charge in [0.05, 0.1) is 11.4 Å². The zero-order valence-electron chi connectivity index (χ0n) is 8.91. The van der Waals surface area contributed by atoms with Crippen LogP contribution in [0.2, 0.25) is 0 Å². The third kappa shape index (κ3) is 2.44. The molecule has 0 radical (unpaired) electrons. The summed E-state index contributed by atoms with van der Waals surface area (Å²) in [5.74, 6) is 0. The zero-order chi connectivity index (χ0) is 11.3. The number of nitrogens with one attached hydrogen (secondary N) is 1. The Kier molecular flexibility index (Phi) is 3.64. The van der Waals surface area contributed by atoms with Gasteiger partial charge in [-0.25, -0.2) is 4.98 Å². The average Bonchev–Trinajstić information content (AvgIpc) is 2.28. The summed E-state index contributed by atoms with van der Waals surface area (Å²) < 4.78 is 0. The maximum atomic E-state index is 8.76. The molecule has 0 aliphatic carbocycles. The van der Waals surface area contributed by atoms with Crippen molar-refractivity contribution in [2.45, 2.75) is 6.92 Å². The lowest BCUT2D eigenvalue weighted by Gasteiger charge is -2.08. The van der Waals surface area contributed by atoms with Gasteiger partial charge in [0, 0.05) is 7.05 Å². The Morgan fingerprint density at radius 1 is 1.60 bits per heavy atom. The largest absolute Gasteiger partial charge is 0.386 e. The first-order valence-corrected chi connectivity index (χ1v) is 4.61. The Hall–Kier alpha value is -2.08. The minimum Gasteiger partial charge on any atom is -0.386 e. The van der Waals surface area contributed by atoms with E-state index in [2.05, 4.69) is 16.9 Å². The van der Waals surface area contributed by atoms with Gasteiger partial charge in [-0.3, -0.25) is 0 Å². The lowest BCUT2D eigenvalue weighted by Crippen LogP contribution is -1.98. The molecule has 0 aromatic carbocycles. The molecule has 1 aromatic rings. The van der Waals surface area contributed by atoms with E-state index in [1.54, 1.807) is 12.1 Å². The summed E-state index contributed by atoms with van der Waals surface area (Å²) in [4.78, 5) is 4.24. The SMILES string of the molecule is C=C/C=C(/C)c1nc(C#N)ccc1NC. The lowest BCUT2D eigenvalue weighted by molar-refractivity contribution is 1.21. The molecule has 15 heavy (non-hydrogen) atoms. The third-order valence-electron chi connectivity index (χ3n) is 2.02. The van der Waals surface area contributed by atoms with Crippen molar-refractivity contribution in [1.82, 2.24) is 4.98 Å². The highest BCUT2D eigenvalue weighted by Crippen LogP contribution is 2.21. The predicted octanol–water partition coefficient (Wildman–Crippen LogP) is 2.58. The van der Waals surface area contributed by atoms with Gasteiger partial charge in [0.1, 0.15) is 11.8 Å². The number of pyridine rings is 1. The van der Waals surface area contributed by atoms with Gasteiger partial charge >= 0.3 is 0 Å². The average molecular weight is 199 g/mol. The fourth-order valence-corrected chi connectivity index (χ4v) is 1.28. The van der Waals surface area contributed by atoms with Gasteiger partial charge in [0.2, 0.25) is 0 Å². The number of hydrogen-bond donors (Lipinski definition) is 1. The van der Waals surface area contributed by atoms with Gasteiger partial charge in [-0.1, -0.05) is 18.7 Å². The number of nitriles is 1. The van der Waals surface area contributed by atoms with Crippen LogP contribution in [-0.2, 0) is 0 Å². The lowest BCUT2D eigenvalue weighted by atomic mass is 10.1. The number of aromatic nitrogens is 1. The van der Waals surface area contributed by atoms with Crippen LogP contribution in [0.15, 0.2) is 30.9 Å². The molecular formula is C12H13N3. The highest BCUT2D eigenvalue weighted by Gasteiger charge is 2.05. The van der Waals surface area contributed by atoms with Crippen LogP contribution in [0.25, 0.3) is 5.57 Å². The summed E-state index contributed by atoms with van der Waals surface area (Å²) >= 11 is 0. The maximum absolute atomic E-state index is 8.76. The van der Waals surface area contributed by atoms with Crippen LogP contribution in [0.4, 0.5) is 5.69 Å². The van der Waals surface area contributed by atoms with Crippen molar-refractivity contribution in [1.29, 1.82) is 5.26 Å². The topological polar surface area (TPSA) is 48.7 Å². The Morgan fingerprint density at radius 3 is 2.87 bits per heavy atom. The van der Waals surface area contributed by atoms with Crippen LogP contribution in [0.5, 0.6) is 0 Å².